The monoisotopic (exact) mass is 201 g/mol. The Morgan fingerprint density at radius 1 is 1.43 bits per heavy atom. The Hall–Kier alpha value is -1.61. The molecule has 14 heavy (non-hydrogen) atoms. The second-order valence-corrected chi connectivity index (χ2v) is 2.61. The molecule has 74 valence electrons. The molecule has 0 aliphatic heterocycles. The van der Waals surface area contributed by atoms with Gasteiger partial charge in [0.1, 0.15) is 6.04 Å². The molecule has 0 spiro atoms. The van der Waals surface area contributed by atoms with E-state index in [9.17, 15) is 13.2 Å². The third-order valence-electron chi connectivity index (χ3n) is 1.58. The van der Waals surface area contributed by atoms with Crippen LogP contribution in [0, 0.1) is 11.3 Å². The fourth-order valence-electron chi connectivity index (χ4n) is 0.857. The van der Waals surface area contributed by atoms with Gasteiger partial charge in [-0.25, -0.2) is 0 Å². The van der Waals surface area contributed by atoms with Crippen LogP contribution in [0.1, 0.15) is 17.2 Å². The molecule has 1 rings (SSSR count). The summed E-state index contributed by atoms with van der Waals surface area (Å²) >= 11 is 0. The van der Waals surface area contributed by atoms with Crippen LogP contribution in [0.3, 0.4) is 0 Å². The summed E-state index contributed by atoms with van der Waals surface area (Å²) in [4.78, 5) is 3.37. The Bertz CT molecular complexity index is 367. The van der Waals surface area contributed by atoms with E-state index in [-0.39, 0.29) is 5.56 Å². The van der Waals surface area contributed by atoms with Crippen LogP contribution < -0.4 is 5.73 Å². The first-order chi connectivity index (χ1) is 6.45. The lowest BCUT2D eigenvalue weighted by Crippen LogP contribution is -2.11. The minimum absolute atomic E-state index is 0.0577. The Kier molecular flexibility index (Phi) is 2.72. The Balaban J connectivity index is 3.09. The number of alkyl halides is 3. The third-order valence-corrected chi connectivity index (χ3v) is 1.58. The lowest BCUT2D eigenvalue weighted by molar-refractivity contribution is -0.137. The van der Waals surface area contributed by atoms with E-state index in [1.165, 1.54) is 0 Å². The zero-order valence-corrected chi connectivity index (χ0v) is 6.92. The van der Waals surface area contributed by atoms with Gasteiger partial charge in [-0.15, -0.1) is 0 Å². The minimum Gasteiger partial charge on any atom is -0.312 e. The maximum atomic E-state index is 12.2. The summed E-state index contributed by atoms with van der Waals surface area (Å²) < 4.78 is 36.5. The lowest BCUT2D eigenvalue weighted by Gasteiger charge is -2.08. The van der Waals surface area contributed by atoms with Crippen molar-refractivity contribution in [2.75, 3.05) is 0 Å². The average Bonchev–Trinajstić information content (AvgIpc) is 2.15. The van der Waals surface area contributed by atoms with Gasteiger partial charge in [-0.3, -0.25) is 4.98 Å². The first-order valence-corrected chi connectivity index (χ1v) is 3.62. The van der Waals surface area contributed by atoms with Crippen molar-refractivity contribution in [3.63, 3.8) is 0 Å². The van der Waals surface area contributed by atoms with E-state index >= 15 is 0 Å². The molecule has 1 heterocycles. The molecule has 0 radical (unpaired) electrons. The van der Waals surface area contributed by atoms with E-state index in [2.05, 4.69) is 4.98 Å². The number of nitriles is 1. The Labute approximate surface area is 78.0 Å². The van der Waals surface area contributed by atoms with E-state index in [1.807, 2.05) is 0 Å². The molecule has 0 aromatic carbocycles. The molecule has 1 atom stereocenters. The number of hydrogen-bond donors (Lipinski definition) is 1. The van der Waals surface area contributed by atoms with Crippen LogP contribution in [0.2, 0.25) is 0 Å². The molecule has 1 aromatic heterocycles. The minimum atomic E-state index is -4.46. The second kappa shape index (κ2) is 3.64. The molecule has 0 unspecified atom stereocenters. The van der Waals surface area contributed by atoms with Crippen LogP contribution in [0.5, 0.6) is 0 Å². The van der Waals surface area contributed by atoms with Crippen LogP contribution in [-0.4, -0.2) is 4.98 Å². The molecule has 1 aromatic rings. The molecule has 0 bridgehead atoms. The van der Waals surface area contributed by atoms with Gasteiger partial charge < -0.3 is 5.73 Å². The van der Waals surface area contributed by atoms with E-state index in [0.29, 0.717) is 6.20 Å². The zero-order chi connectivity index (χ0) is 10.8. The Morgan fingerprint density at radius 3 is 2.57 bits per heavy atom. The molecular formula is C8H6F3N3. The van der Waals surface area contributed by atoms with Crippen molar-refractivity contribution < 1.29 is 13.2 Å². The van der Waals surface area contributed by atoms with Crippen molar-refractivity contribution in [2.24, 2.45) is 5.73 Å². The fraction of sp³-hybridized carbons (Fsp3) is 0.250. The number of halogens is 3. The predicted octanol–water partition coefficient (Wildman–Crippen LogP) is 1.62. The number of hydrogen-bond acceptors (Lipinski definition) is 3. The van der Waals surface area contributed by atoms with Gasteiger partial charge >= 0.3 is 6.18 Å². The van der Waals surface area contributed by atoms with Gasteiger partial charge in [0.25, 0.3) is 0 Å². The van der Waals surface area contributed by atoms with Gasteiger partial charge in [0, 0.05) is 18.0 Å². The quantitative estimate of drug-likeness (QED) is 0.750. The van der Waals surface area contributed by atoms with Crippen LogP contribution in [-0.2, 0) is 6.18 Å². The molecule has 2 N–H and O–H groups in total. The molecule has 0 fully saturated rings. The van der Waals surface area contributed by atoms with Crippen molar-refractivity contribution in [1.29, 1.82) is 5.26 Å². The SMILES string of the molecule is N#C[C@@H](N)c1cncc(C(F)(F)F)c1. The topological polar surface area (TPSA) is 62.7 Å². The number of aromatic nitrogens is 1. The highest BCUT2D eigenvalue weighted by molar-refractivity contribution is 5.26. The molecule has 6 heteroatoms. The highest BCUT2D eigenvalue weighted by atomic mass is 19.4. The van der Waals surface area contributed by atoms with Crippen molar-refractivity contribution in [3.05, 3.63) is 29.6 Å². The molecule has 0 saturated carbocycles. The Morgan fingerprint density at radius 2 is 2.07 bits per heavy atom. The van der Waals surface area contributed by atoms with Gasteiger partial charge in [-0.05, 0) is 6.07 Å². The van der Waals surface area contributed by atoms with Gasteiger partial charge in [-0.2, -0.15) is 18.4 Å². The highest BCUT2D eigenvalue weighted by Crippen LogP contribution is 2.29. The molecule has 0 aliphatic carbocycles. The molecule has 3 nitrogen and oxygen atoms in total. The highest BCUT2D eigenvalue weighted by Gasteiger charge is 2.31. The van der Waals surface area contributed by atoms with Crippen molar-refractivity contribution in [2.45, 2.75) is 12.2 Å². The van der Waals surface area contributed by atoms with Crippen LogP contribution in [0.25, 0.3) is 0 Å². The first kappa shape index (κ1) is 10.5. The number of pyridine rings is 1. The van der Waals surface area contributed by atoms with Crippen LogP contribution >= 0.6 is 0 Å². The van der Waals surface area contributed by atoms with Crippen molar-refractivity contribution in [1.82, 2.24) is 4.98 Å². The largest absolute Gasteiger partial charge is 0.417 e. The van der Waals surface area contributed by atoms with E-state index in [4.69, 9.17) is 11.0 Å². The summed E-state index contributed by atoms with van der Waals surface area (Å²) in [5.41, 5.74) is 4.39. The summed E-state index contributed by atoms with van der Waals surface area (Å²) in [5, 5.41) is 8.40. The normalized spacial score (nSPS) is 13.4. The summed E-state index contributed by atoms with van der Waals surface area (Å²) in [6.45, 7) is 0. The zero-order valence-electron chi connectivity index (χ0n) is 6.92. The summed E-state index contributed by atoms with van der Waals surface area (Å²) in [6, 6.07) is 1.37. The van der Waals surface area contributed by atoms with Crippen molar-refractivity contribution >= 4 is 0 Å². The lowest BCUT2D eigenvalue weighted by atomic mass is 10.1. The number of nitrogens with two attached hydrogens (primary N) is 1. The number of rotatable bonds is 1. The van der Waals surface area contributed by atoms with Gasteiger partial charge in [0.2, 0.25) is 0 Å². The van der Waals surface area contributed by atoms with Gasteiger partial charge in [-0.1, -0.05) is 0 Å². The summed E-state index contributed by atoms with van der Waals surface area (Å²) in [5.74, 6) is 0. The average molecular weight is 201 g/mol. The predicted molar refractivity (Wildman–Crippen MR) is 41.8 cm³/mol. The second-order valence-electron chi connectivity index (χ2n) is 2.61. The fourth-order valence-corrected chi connectivity index (χ4v) is 0.857. The van der Waals surface area contributed by atoms with Crippen LogP contribution in [0.15, 0.2) is 18.5 Å². The third kappa shape index (κ3) is 2.20. The molecular weight excluding hydrogens is 195 g/mol. The van der Waals surface area contributed by atoms with E-state index < -0.39 is 17.8 Å². The summed E-state index contributed by atoms with van der Waals surface area (Å²) in [6.07, 6.45) is -2.63. The van der Waals surface area contributed by atoms with E-state index in [0.717, 1.165) is 12.3 Å². The first-order valence-electron chi connectivity index (χ1n) is 3.62. The van der Waals surface area contributed by atoms with Gasteiger partial charge in [0.05, 0.1) is 11.6 Å². The van der Waals surface area contributed by atoms with E-state index in [1.54, 1.807) is 6.07 Å². The maximum absolute atomic E-state index is 12.2. The maximum Gasteiger partial charge on any atom is 0.417 e. The van der Waals surface area contributed by atoms with Crippen molar-refractivity contribution in [3.8, 4) is 6.07 Å². The molecule has 0 aliphatic rings. The standard InChI is InChI=1S/C8H6F3N3/c9-8(10,11)6-1-5(3-14-4-6)7(13)2-12/h1,3-4,7H,13H2/t7-/m1/s1. The molecule has 0 amide bonds. The summed E-state index contributed by atoms with van der Waals surface area (Å²) in [7, 11) is 0. The number of nitrogens with zero attached hydrogens (tertiary/aromatic N) is 2. The van der Waals surface area contributed by atoms with Crippen LogP contribution in [0.4, 0.5) is 13.2 Å². The molecule has 0 saturated heterocycles. The smallest absolute Gasteiger partial charge is 0.312 e. The van der Waals surface area contributed by atoms with Gasteiger partial charge in [0.15, 0.2) is 0 Å².